The van der Waals surface area contributed by atoms with Crippen LogP contribution in [0.2, 0.25) is 5.02 Å². The average Bonchev–Trinajstić information content (AvgIpc) is 3.08. The Kier molecular flexibility index (Phi) is 4.81. The molecule has 0 bridgehead atoms. The predicted molar refractivity (Wildman–Crippen MR) is 96.7 cm³/mol. The van der Waals surface area contributed by atoms with Crippen LogP contribution in [-0.2, 0) is 0 Å². The van der Waals surface area contributed by atoms with Crippen LogP contribution < -0.4 is 21.5 Å². The van der Waals surface area contributed by atoms with Gasteiger partial charge in [0.25, 0.3) is 0 Å². The minimum atomic E-state index is 0. The van der Waals surface area contributed by atoms with E-state index in [4.69, 9.17) is 11.6 Å². The number of aryl methyl sites for hydroxylation is 2. The highest BCUT2D eigenvalue weighted by atomic mass is 79.9. The van der Waals surface area contributed by atoms with Crippen molar-refractivity contribution in [1.29, 1.82) is 0 Å². The maximum Gasteiger partial charge on any atom is 0.351 e. The molecule has 2 aromatic heterocycles. The van der Waals surface area contributed by atoms with Crippen molar-refractivity contribution in [2.45, 2.75) is 13.8 Å². The number of imidazole rings is 1. The summed E-state index contributed by atoms with van der Waals surface area (Å²) in [5, 5.41) is 2.95. The van der Waals surface area contributed by atoms with Crippen LogP contribution in [0.5, 0.6) is 0 Å². The van der Waals surface area contributed by atoms with E-state index in [2.05, 4.69) is 70.7 Å². The van der Waals surface area contributed by atoms with E-state index in [-0.39, 0.29) is 17.0 Å². The van der Waals surface area contributed by atoms with Crippen LogP contribution in [0.25, 0.3) is 21.9 Å². The monoisotopic (exact) mass is 418 g/mol. The summed E-state index contributed by atoms with van der Waals surface area (Å²) in [7, 11) is 0. The first-order valence-electron chi connectivity index (χ1n) is 7.49. The minimum Gasteiger partial charge on any atom is -1.00 e. The van der Waals surface area contributed by atoms with Crippen molar-refractivity contribution in [3.05, 3.63) is 76.4 Å². The summed E-state index contributed by atoms with van der Waals surface area (Å²) in [5.74, 6) is 0. The van der Waals surface area contributed by atoms with E-state index >= 15 is 0 Å². The number of thiazole rings is 1. The Hall–Kier alpha value is -1.62. The number of hydrogen-bond acceptors (Lipinski definition) is 1. The predicted octanol–water partition coefficient (Wildman–Crippen LogP) is 2.22. The highest BCUT2D eigenvalue weighted by Gasteiger charge is 2.28. The Morgan fingerprint density at radius 2 is 1.62 bits per heavy atom. The van der Waals surface area contributed by atoms with E-state index in [0.717, 1.165) is 10.7 Å². The van der Waals surface area contributed by atoms with Crippen molar-refractivity contribution in [2.75, 3.05) is 0 Å². The molecule has 2 aromatic carbocycles. The van der Waals surface area contributed by atoms with E-state index in [0.29, 0.717) is 0 Å². The van der Waals surface area contributed by atoms with Crippen LogP contribution in [0.1, 0.15) is 11.4 Å². The van der Waals surface area contributed by atoms with E-state index < -0.39 is 0 Å². The fourth-order valence-corrected chi connectivity index (χ4v) is 4.28. The summed E-state index contributed by atoms with van der Waals surface area (Å²) in [6.07, 6.45) is 0. The molecule has 0 N–H and O–H groups in total. The van der Waals surface area contributed by atoms with Gasteiger partial charge in [-0.15, -0.1) is 0 Å². The third kappa shape index (κ3) is 2.69. The number of rotatable bonds is 2. The lowest BCUT2D eigenvalue weighted by atomic mass is 10.1. The van der Waals surface area contributed by atoms with Crippen LogP contribution in [0.15, 0.2) is 60.0 Å². The number of halogens is 2. The highest BCUT2D eigenvalue weighted by Crippen LogP contribution is 2.28. The third-order valence-electron chi connectivity index (χ3n) is 4.10. The lowest BCUT2D eigenvalue weighted by Crippen LogP contribution is -3.00. The summed E-state index contributed by atoms with van der Waals surface area (Å²) < 4.78 is 4.64. The average molecular weight is 420 g/mol. The zero-order chi connectivity index (χ0) is 16.0. The highest BCUT2D eigenvalue weighted by molar-refractivity contribution is 7.14. The molecule has 122 valence electrons. The molecule has 5 heteroatoms. The summed E-state index contributed by atoms with van der Waals surface area (Å²) in [4.78, 5) is 1.21. The normalized spacial score (nSPS) is 10.8. The van der Waals surface area contributed by atoms with Gasteiger partial charge in [-0.25, -0.2) is 0 Å². The molecule has 0 amide bonds. The SMILES string of the molecule is Cc1csc2n1c(C)c(-c1ccccc1)[n+]2-c1ccc(Cl)cc1.[Br-]. The zero-order valence-electron chi connectivity index (χ0n) is 13.3. The first-order valence-corrected chi connectivity index (χ1v) is 8.75. The Morgan fingerprint density at radius 1 is 0.958 bits per heavy atom. The van der Waals surface area contributed by atoms with E-state index in [9.17, 15) is 0 Å². The lowest BCUT2D eigenvalue weighted by molar-refractivity contribution is -0.552. The molecule has 0 aliphatic heterocycles. The molecule has 0 atom stereocenters. The van der Waals surface area contributed by atoms with Crippen molar-refractivity contribution >= 4 is 27.9 Å². The van der Waals surface area contributed by atoms with E-state index in [1.165, 1.54) is 27.6 Å². The van der Waals surface area contributed by atoms with Gasteiger partial charge in [-0.05, 0) is 31.2 Å². The van der Waals surface area contributed by atoms with Gasteiger partial charge in [-0.1, -0.05) is 53.3 Å². The summed E-state index contributed by atoms with van der Waals surface area (Å²) >= 11 is 7.83. The Bertz CT molecular complexity index is 988. The fourth-order valence-electron chi connectivity index (χ4n) is 3.08. The molecular formula is C19H16BrClN2S. The standard InChI is InChI=1S/C19H16ClN2S.BrH/c1-13-12-23-19-21(13)14(2)18(15-6-4-3-5-7-15)22(19)17-10-8-16(20)9-11-17;/h3-12H,1-2H3;1H/q+1;/p-1. The molecule has 0 aliphatic rings. The quantitative estimate of drug-likeness (QED) is 0.440. The molecule has 2 nitrogen and oxygen atoms in total. The summed E-state index contributed by atoms with van der Waals surface area (Å²) in [6.45, 7) is 4.33. The zero-order valence-corrected chi connectivity index (χ0v) is 16.5. The first kappa shape index (κ1) is 17.2. The van der Waals surface area contributed by atoms with Gasteiger partial charge in [0.1, 0.15) is 11.4 Å². The topological polar surface area (TPSA) is 8.29 Å². The molecule has 2 heterocycles. The van der Waals surface area contributed by atoms with Crippen molar-refractivity contribution < 1.29 is 21.5 Å². The van der Waals surface area contributed by atoms with Crippen LogP contribution in [0, 0.1) is 13.8 Å². The molecule has 0 unspecified atom stereocenters. The van der Waals surface area contributed by atoms with Crippen molar-refractivity contribution in [1.82, 2.24) is 4.40 Å². The molecule has 0 saturated heterocycles. The molecule has 0 spiro atoms. The van der Waals surface area contributed by atoms with Gasteiger partial charge < -0.3 is 17.0 Å². The second kappa shape index (κ2) is 6.71. The summed E-state index contributed by atoms with van der Waals surface area (Å²) in [6, 6.07) is 18.6. The van der Waals surface area contributed by atoms with Gasteiger partial charge in [-0.2, -0.15) is 8.97 Å². The molecule has 0 fully saturated rings. The number of benzene rings is 2. The second-order valence-electron chi connectivity index (χ2n) is 5.61. The van der Waals surface area contributed by atoms with Crippen LogP contribution in [0.3, 0.4) is 0 Å². The molecule has 4 aromatic rings. The van der Waals surface area contributed by atoms with Gasteiger partial charge in [-0.3, -0.25) is 0 Å². The maximum atomic E-state index is 6.07. The molecule has 0 aliphatic carbocycles. The van der Waals surface area contributed by atoms with Gasteiger partial charge in [0.15, 0.2) is 11.4 Å². The Morgan fingerprint density at radius 3 is 2.29 bits per heavy atom. The fraction of sp³-hybridized carbons (Fsp3) is 0.105. The minimum absolute atomic E-state index is 0. The largest absolute Gasteiger partial charge is 1.00 e. The van der Waals surface area contributed by atoms with Gasteiger partial charge in [0, 0.05) is 22.9 Å². The van der Waals surface area contributed by atoms with Crippen LogP contribution >= 0.6 is 22.9 Å². The smallest absolute Gasteiger partial charge is 0.351 e. The van der Waals surface area contributed by atoms with Crippen molar-refractivity contribution in [2.24, 2.45) is 0 Å². The number of nitrogens with zero attached hydrogens (tertiary/aromatic N) is 2. The van der Waals surface area contributed by atoms with Gasteiger partial charge in [0.05, 0.1) is 0 Å². The lowest BCUT2D eigenvalue weighted by Gasteiger charge is -2.03. The Balaban J connectivity index is 0.00000169. The number of aromatic nitrogens is 2. The van der Waals surface area contributed by atoms with Crippen molar-refractivity contribution in [3.63, 3.8) is 0 Å². The molecule has 0 radical (unpaired) electrons. The maximum absolute atomic E-state index is 6.07. The molecule has 24 heavy (non-hydrogen) atoms. The third-order valence-corrected chi connectivity index (χ3v) is 5.39. The van der Waals surface area contributed by atoms with Crippen molar-refractivity contribution in [3.8, 4) is 16.9 Å². The van der Waals surface area contributed by atoms with Crippen LogP contribution in [-0.4, -0.2) is 4.40 Å². The molecule has 0 saturated carbocycles. The second-order valence-corrected chi connectivity index (χ2v) is 6.88. The molecule has 4 rings (SSSR count). The number of fused-ring (bicyclic) bond motifs is 1. The van der Waals surface area contributed by atoms with E-state index in [1.807, 2.05) is 12.1 Å². The van der Waals surface area contributed by atoms with Gasteiger partial charge >= 0.3 is 4.96 Å². The number of hydrogen-bond donors (Lipinski definition) is 0. The molecular weight excluding hydrogens is 404 g/mol. The summed E-state index contributed by atoms with van der Waals surface area (Å²) in [5.41, 5.74) is 6.08. The first-order chi connectivity index (χ1) is 11.2. The van der Waals surface area contributed by atoms with Crippen LogP contribution in [0.4, 0.5) is 0 Å². The van der Waals surface area contributed by atoms with Gasteiger partial charge in [0.2, 0.25) is 0 Å². The Labute approximate surface area is 160 Å². The van der Waals surface area contributed by atoms with E-state index in [1.54, 1.807) is 11.3 Å².